The highest BCUT2D eigenvalue weighted by Gasteiger charge is 2.33. The second-order valence-electron chi connectivity index (χ2n) is 3.71. The molecule has 1 saturated heterocycles. The molecule has 0 radical (unpaired) electrons. The second-order valence-corrected chi connectivity index (χ2v) is 3.71. The van der Waals surface area contributed by atoms with Crippen LogP contribution in [0.3, 0.4) is 0 Å². The zero-order chi connectivity index (χ0) is 11.6. The van der Waals surface area contributed by atoms with Crippen LogP contribution in [0.2, 0.25) is 0 Å². The molecule has 1 heterocycles. The number of carbonyl (C=O) groups excluding carboxylic acids is 2. The van der Waals surface area contributed by atoms with Crippen LogP contribution in [0.5, 0.6) is 0 Å². The average molecular weight is 214 g/mol. The maximum absolute atomic E-state index is 11.3. The van der Waals surface area contributed by atoms with E-state index in [-0.39, 0.29) is 30.8 Å². The lowest BCUT2D eigenvalue weighted by Gasteiger charge is -2.35. The van der Waals surface area contributed by atoms with E-state index >= 15 is 0 Å². The number of aliphatic carboxylic acids is 1. The number of piperazine rings is 1. The largest absolute Gasteiger partial charge is 0.481 e. The molecule has 6 nitrogen and oxygen atoms in total. The van der Waals surface area contributed by atoms with Gasteiger partial charge in [0.2, 0.25) is 11.8 Å². The number of carbonyl (C=O) groups is 3. The summed E-state index contributed by atoms with van der Waals surface area (Å²) in [4.78, 5) is 34.5. The number of hydrogen-bond donors (Lipinski definition) is 2. The van der Waals surface area contributed by atoms with Crippen molar-refractivity contribution < 1.29 is 19.5 Å². The van der Waals surface area contributed by atoms with E-state index in [4.69, 9.17) is 5.11 Å². The lowest BCUT2D eigenvalue weighted by molar-refractivity contribution is -0.145. The molecule has 0 spiro atoms. The summed E-state index contributed by atoms with van der Waals surface area (Å²) in [5, 5.41) is 10.8. The Morgan fingerprint density at radius 2 is 2.27 bits per heavy atom. The van der Waals surface area contributed by atoms with Gasteiger partial charge in [0.05, 0.1) is 19.0 Å². The third-order valence-electron chi connectivity index (χ3n) is 2.50. The molecule has 0 aromatic carbocycles. The Balaban J connectivity index is 2.70. The van der Waals surface area contributed by atoms with Crippen LogP contribution in [0.25, 0.3) is 0 Å². The fraction of sp³-hybridized carbons (Fsp3) is 0.667. The molecule has 2 unspecified atom stereocenters. The van der Waals surface area contributed by atoms with Gasteiger partial charge in [0.1, 0.15) is 0 Å². The van der Waals surface area contributed by atoms with E-state index in [1.54, 1.807) is 18.7 Å². The Morgan fingerprint density at radius 1 is 1.67 bits per heavy atom. The molecule has 0 bridgehead atoms. The molecule has 0 saturated carbocycles. The fourth-order valence-corrected chi connectivity index (χ4v) is 1.64. The highest BCUT2D eigenvalue weighted by Crippen LogP contribution is 2.12. The number of nitrogens with one attached hydrogen (secondary N) is 1. The molecule has 1 aliphatic rings. The summed E-state index contributed by atoms with van der Waals surface area (Å²) in [6.07, 6.45) is -0.0785. The Bertz CT molecular complexity index is 302. The predicted molar refractivity (Wildman–Crippen MR) is 51.0 cm³/mol. The van der Waals surface area contributed by atoms with Gasteiger partial charge >= 0.3 is 5.97 Å². The molecule has 15 heavy (non-hydrogen) atoms. The first kappa shape index (κ1) is 11.6. The van der Waals surface area contributed by atoms with Gasteiger partial charge in [0, 0.05) is 6.04 Å². The summed E-state index contributed by atoms with van der Waals surface area (Å²) in [5.41, 5.74) is 0. The maximum Gasteiger partial charge on any atom is 0.304 e. The van der Waals surface area contributed by atoms with Crippen molar-refractivity contribution in [3.8, 4) is 0 Å². The monoisotopic (exact) mass is 214 g/mol. The van der Waals surface area contributed by atoms with Gasteiger partial charge in [-0.3, -0.25) is 24.6 Å². The van der Waals surface area contributed by atoms with Crippen molar-refractivity contribution in [3.05, 3.63) is 0 Å². The van der Waals surface area contributed by atoms with Crippen molar-refractivity contribution in [2.45, 2.75) is 32.4 Å². The van der Waals surface area contributed by atoms with Crippen LogP contribution in [-0.4, -0.2) is 46.4 Å². The Morgan fingerprint density at radius 3 is 2.80 bits per heavy atom. The summed E-state index contributed by atoms with van der Waals surface area (Å²) in [5.74, 6) is -1.69. The number of carboxylic acids is 1. The van der Waals surface area contributed by atoms with Crippen molar-refractivity contribution in [2.75, 3.05) is 6.54 Å². The quantitative estimate of drug-likeness (QED) is 0.600. The molecule has 0 aromatic heterocycles. The van der Waals surface area contributed by atoms with Gasteiger partial charge in [-0.05, 0) is 13.8 Å². The Kier molecular flexibility index (Phi) is 3.41. The maximum atomic E-state index is 11.3. The first-order valence-electron chi connectivity index (χ1n) is 4.73. The van der Waals surface area contributed by atoms with E-state index in [0.717, 1.165) is 0 Å². The molecule has 1 fully saturated rings. The molecule has 2 amide bonds. The number of hydrogen-bond acceptors (Lipinski definition) is 4. The first-order chi connectivity index (χ1) is 6.91. The lowest BCUT2D eigenvalue weighted by atomic mass is 10.1. The fourth-order valence-electron chi connectivity index (χ4n) is 1.64. The van der Waals surface area contributed by atoms with Crippen LogP contribution < -0.4 is 5.32 Å². The van der Waals surface area contributed by atoms with Gasteiger partial charge in [-0.1, -0.05) is 0 Å². The van der Waals surface area contributed by atoms with Gasteiger partial charge in [-0.2, -0.15) is 0 Å². The minimum atomic E-state index is -0.937. The van der Waals surface area contributed by atoms with Crippen molar-refractivity contribution in [1.82, 2.24) is 10.2 Å². The Labute approximate surface area is 87.2 Å². The van der Waals surface area contributed by atoms with Gasteiger partial charge < -0.3 is 5.11 Å². The van der Waals surface area contributed by atoms with E-state index in [9.17, 15) is 14.4 Å². The third-order valence-corrected chi connectivity index (χ3v) is 2.50. The predicted octanol–water partition coefficient (Wildman–Crippen LogP) is -0.803. The van der Waals surface area contributed by atoms with E-state index < -0.39 is 12.0 Å². The molecule has 2 atom stereocenters. The van der Waals surface area contributed by atoms with E-state index in [1.165, 1.54) is 0 Å². The van der Waals surface area contributed by atoms with E-state index in [2.05, 4.69) is 5.32 Å². The second kappa shape index (κ2) is 4.39. The molecule has 2 N–H and O–H groups in total. The van der Waals surface area contributed by atoms with E-state index in [0.29, 0.717) is 0 Å². The topological polar surface area (TPSA) is 86.7 Å². The van der Waals surface area contributed by atoms with Crippen LogP contribution in [0.4, 0.5) is 0 Å². The van der Waals surface area contributed by atoms with E-state index in [1.807, 2.05) is 0 Å². The highest BCUT2D eigenvalue weighted by molar-refractivity contribution is 6.00. The van der Waals surface area contributed by atoms with Gasteiger partial charge in [-0.15, -0.1) is 0 Å². The minimum Gasteiger partial charge on any atom is -0.481 e. The zero-order valence-electron chi connectivity index (χ0n) is 8.69. The van der Waals surface area contributed by atoms with Gasteiger partial charge in [0.15, 0.2) is 0 Å². The molecular weight excluding hydrogens is 200 g/mol. The van der Waals surface area contributed by atoms with Crippen LogP contribution in [-0.2, 0) is 14.4 Å². The molecule has 84 valence electrons. The zero-order valence-corrected chi connectivity index (χ0v) is 8.69. The summed E-state index contributed by atoms with van der Waals surface area (Å²) < 4.78 is 0. The van der Waals surface area contributed by atoms with Gasteiger partial charge in [0.25, 0.3) is 0 Å². The number of carboxylic acid groups (broad SMARTS) is 1. The van der Waals surface area contributed by atoms with Gasteiger partial charge in [-0.25, -0.2) is 0 Å². The lowest BCUT2D eigenvalue weighted by Crippen LogP contribution is -2.59. The average Bonchev–Trinajstić information content (AvgIpc) is 2.09. The number of rotatable bonds is 3. The smallest absolute Gasteiger partial charge is 0.304 e. The first-order valence-corrected chi connectivity index (χ1v) is 4.73. The minimum absolute atomic E-state index is 0.0708. The summed E-state index contributed by atoms with van der Waals surface area (Å²) in [6, 6.07) is -0.787. The summed E-state index contributed by atoms with van der Waals surface area (Å²) >= 11 is 0. The van der Waals surface area contributed by atoms with Crippen molar-refractivity contribution in [3.63, 3.8) is 0 Å². The third kappa shape index (κ3) is 2.76. The van der Waals surface area contributed by atoms with Crippen LogP contribution in [0.15, 0.2) is 0 Å². The van der Waals surface area contributed by atoms with Crippen LogP contribution in [0.1, 0.15) is 20.3 Å². The number of imide groups is 1. The molecule has 0 aliphatic carbocycles. The molecule has 1 aliphatic heterocycles. The molecule has 1 rings (SSSR count). The van der Waals surface area contributed by atoms with Crippen LogP contribution >= 0.6 is 0 Å². The number of nitrogens with zero attached hydrogens (tertiary/aromatic N) is 1. The van der Waals surface area contributed by atoms with Crippen molar-refractivity contribution in [1.29, 1.82) is 0 Å². The van der Waals surface area contributed by atoms with Crippen LogP contribution in [0, 0.1) is 0 Å². The highest BCUT2D eigenvalue weighted by atomic mass is 16.4. The molecule has 0 aromatic rings. The summed E-state index contributed by atoms with van der Waals surface area (Å²) in [7, 11) is 0. The number of amides is 2. The molecular formula is C9H14N2O4. The Hall–Kier alpha value is -1.43. The van der Waals surface area contributed by atoms with Crippen molar-refractivity contribution >= 4 is 17.8 Å². The normalized spacial score (nSPS) is 24.8. The standard InChI is InChI=1S/C9H14N2O4/c1-5(3-8(13)14)11-4-7(12)10-9(15)6(11)2/h5-6H,3-4H2,1-2H3,(H,13,14)(H,10,12,15). The summed E-state index contributed by atoms with van der Waals surface area (Å²) in [6.45, 7) is 3.41. The molecule has 6 heteroatoms. The van der Waals surface area contributed by atoms with Crippen molar-refractivity contribution in [2.24, 2.45) is 0 Å². The SMILES string of the molecule is CC(CC(=O)O)N1CC(=O)NC(=O)C1C.